The first-order chi connectivity index (χ1) is 14.0. The Kier molecular flexibility index (Phi) is 3.74. The molecule has 0 unspecified atom stereocenters. The van der Waals surface area contributed by atoms with Crippen LogP contribution >= 0.6 is 0 Å². The zero-order valence-electron chi connectivity index (χ0n) is 15.4. The van der Waals surface area contributed by atoms with Gasteiger partial charge in [-0.1, -0.05) is 30.3 Å². The maximum atomic E-state index is 14.2. The van der Waals surface area contributed by atoms with Crippen molar-refractivity contribution in [2.75, 3.05) is 0 Å². The van der Waals surface area contributed by atoms with Crippen LogP contribution < -0.4 is 4.74 Å². The summed E-state index contributed by atoms with van der Waals surface area (Å²) in [7, 11) is 1.87. The Bertz CT molecular complexity index is 1320. The van der Waals surface area contributed by atoms with Gasteiger partial charge in [-0.2, -0.15) is 0 Å². The van der Waals surface area contributed by atoms with Crippen LogP contribution in [0.3, 0.4) is 0 Å². The van der Waals surface area contributed by atoms with Gasteiger partial charge in [0.1, 0.15) is 28.5 Å². The van der Waals surface area contributed by atoms with Crippen molar-refractivity contribution in [3.8, 4) is 22.6 Å². The number of hydrogen-bond donors (Lipinski definition) is 1. The maximum absolute atomic E-state index is 14.2. The van der Waals surface area contributed by atoms with Crippen LogP contribution in [-0.2, 0) is 7.05 Å². The fourth-order valence-corrected chi connectivity index (χ4v) is 3.70. The van der Waals surface area contributed by atoms with Gasteiger partial charge in [0.05, 0.1) is 0 Å². The molecule has 5 nitrogen and oxygen atoms in total. The molecule has 1 aliphatic rings. The SMILES string of the molecule is Cn1cc(/C=C2\Oc3cc(O)cc(F)c3C2=O)c2c(-c3ccccc3)ccnc21. The van der Waals surface area contributed by atoms with Crippen molar-refractivity contribution in [3.63, 3.8) is 0 Å². The molecular weight excluding hydrogens is 371 g/mol. The zero-order valence-corrected chi connectivity index (χ0v) is 15.4. The number of Topliss-reactive ketones (excluding diaryl/α,β-unsaturated/α-hetero) is 1. The fourth-order valence-electron chi connectivity index (χ4n) is 3.70. The lowest BCUT2D eigenvalue weighted by atomic mass is 10.0. The second kappa shape index (κ2) is 6.31. The van der Waals surface area contributed by atoms with Crippen LogP contribution in [0.1, 0.15) is 15.9 Å². The summed E-state index contributed by atoms with van der Waals surface area (Å²) in [4.78, 5) is 17.2. The maximum Gasteiger partial charge on any atom is 0.234 e. The third-order valence-corrected chi connectivity index (χ3v) is 4.97. The number of aromatic nitrogens is 2. The Morgan fingerprint density at radius 3 is 2.76 bits per heavy atom. The van der Waals surface area contributed by atoms with Gasteiger partial charge in [0.25, 0.3) is 0 Å². The number of phenols is 1. The van der Waals surface area contributed by atoms with E-state index in [1.165, 1.54) is 6.07 Å². The van der Waals surface area contributed by atoms with E-state index in [-0.39, 0.29) is 22.8 Å². The second-order valence-electron chi connectivity index (χ2n) is 6.86. The number of carbonyl (C=O) groups excluding carboxylic acids is 1. The summed E-state index contributed by atoms with van der Waals surface area (Å²) < 4.78 is 21.6. The van der Waals surface area contributed by atoms with E-state index in [9.17, 15) is 14.3 Å². The van der Waals surface area contributed by atoms with E-state index in [0.29, 0.717) is 0 Å². The summed E-state index contributed by atoms with van der Waals surface area (Å²) in [5, 5.41) is 10.4. The van der Waals surface area contributed by atoms with Crippen LogP contribution in [0.2, 0.25) is 0 Å². The second-order valence-corrected chi connectivity index (χ2v) is 6.86. The zero-order chi connectivity index (χ0) is 20.1. The summed E-state index contributed by atoms with van der Waals surface area (Å²) >= 11 is 0. The average molecular weight is 386 g/mol. The molecule has 0 spiro atoms. The highest BCUT2D eigenvalue weighted by Crippen LogP contribution is 2.38. The minimum atomic E-state index is -0.807. The minimum Gasteiger partial charge on any atom is -0.508 e. The molecule has 2 aromatic heterocycles. The lowest BCUT2D eigenvalue weighted by Crippen LogP contribution is -1.99. The van der Waals surface area contributed by atoms with Crippen LogP contribution in [0.4, 0.5) is 4.39 Å². The molecular formula is C23H15FN2O3. The van der Waals surface area contributed by atoms with E-state index in [1.54, 1.807) is 12.3 Å². The van der Waals surface area contributed by atoms with Crippen LogP contribution in [-0.4, -0.2) is 20.4 Å². The van der Waals surface area contributed by atoms with E-state index in [1.807, 2.05) is 54.2 Å². The molecule has 2 aromatic carbocycles. The summed E-state index contributed by atoms with van der Waals surface area (Å²) in [6, 6.07) is 13.9. The molecule has 1 N–H and O–H groups in total. The highest BCUT2D eigenvalue weighted by atomic mass is 19.1. The van der Waals surface area contributed by atoms with Crippen molar-refractivity contribution in [1.29, 1.82) is 0 Å². The molecule has 142 valence electrons. The smallest absolute Gasteiger partial charge is 0.234 e. The molecule has 0 bridgehead atoms. The third kappa shape index (κ3) is 2.69. The number of fused-ring (bicyclic) bond motifs is 2. The molecule has 29 heavy (non-hydrogen) atoms. The quantitative estimate of drug-likeness (QED) is 0.507. The first kappa shape index (κ1) is 17.2. The number of halogens is 1. The Morgan fingerprint density at radius 1 is 1.17 bits per heavy atom. The number of phenolic OH excluding ortho intramolecular Hbond substituents is 1. The topological polar surface area (TPSA) is 64.3 Å². The molecule has 1 aliphatic heterocycles. The number of allylic oxidation sites excluding steroid dienone is 1. The first-order valence-electron chi connectivity index (χ1n) is 8.99. The van der Waals surface area contributed by atoms with Gasteiger partial charge in [0.15, 0.2) is 5.76 Å². The lowest BCUT2D eigenvalue weighted by Gasteiger charge is -2.05. The molecule has 4 aromatic rings. The molecule has 5 rings (SSSR count). The summed E-state index contributed by atoms with van der Waals surface area (Å²) in [5.41, 5.74) is 3.30. The van der Waals surface area contributed by atoms with Crippen molar-refractivity contribution in [2.24, 2.45) is 7.05 Å². The van der Waals surface area contributed by atoms with Gasteiger partial charge in [-0.15, -0.1) is 0 Å². The number of benzene rings is 2. The van der Waals surface area contributed by atoms with Gasteiger partial charge in [-0.05, 0) is 23.3 Å². The molecule has 0 aliphatic carbocycles. The number of pyridine rings is 1. The van der Waals surface area contributed by atoms with Crippen LogP contribution in [0.25, 0.3) is 28.2 Å². The number of ether oxygens (including phenoxy) is 1. The van der Waals surface area contributed by atoms with Gasteiger partial charge in [0, 0.05) is 42.5 Å². The molecule has 6 heteroatoms. The van der Waals surface area contributed by atoms with E-state index in [0.717, 1.165) is 33.8 Å². The van der Waals surface area contributed by atoms with Crippen molar-refractivity contribution in [3.05, 3.63) is 83.6 Å². The van der Waals surface area contributed by atoms with E-state index >= 15 is 0 Å². The minimum absolute atomic E-state index is 0.000125. The van der Waals surface area contributed by atoms with Crippen molar-refractivity contribution in [1.82, 2.24) is 9.55 Å². The van der Waals surface area contributed by atoms with Gasteiger partial charge in [-0.3, -0.25) is 4.79 Å². The molecule has 0 fully saturated rings. The number of aromatic hydroxyl groups is 1. The number of aryl methyl sites for hydroxylation is 1. The summed E-state index contributed by atoms with van der Waals surface area (Å²) in [6.45, 7) is 0. The van der Waals surface area contributed by atoms with E-state index in [4.69, 9.17) is 4.74 Å². The Balaban J connectivity index is 1.69. The monoisotopic (exact) mass is 386 g/mol. The molecule has 3 heterocycles. The largest absolute Gasteiger partial charge is 0.508 e. The highest BCUT2D eigenvalue weighted by Gasteiger charge is 2.32. The number of nitrogens with zero attached hydrogens (tertiary/aromatic N) is 2. The molecule has 0 saturated carbocycles. The number of ketones is 1. The summed E-state index contributed by atoms with van der Waals surface area (Å²) in [5.74, 6) is -1.64. The van der Waals surface area contributed by atoms with Gasteiger partial charge in [-0.25, -0.2) is 9.37 Å². The predicted molar refractivity (Wildman–Crippen MR) is 107 cm³/mol. The average Bonchev–Trinajstić information content (AvgIpc) is 3.19. The molecule has 0 saturated heterocycles. The predicted octanol–water partition coefficient (Wildman–Crippen LogP) is 4.70. The molecule has 0 amide bonds. The Labute approximate surface area is 165 Å². The first-order valence-corrected chi connectivity index (χ1v) is 8.99. The normalized spacial score (nSPS) is 14.4. The van der Waals surface area contributed by atoms with Gasteiger partial charge in [0.2, 0.25) is 5.78 Å². The number of hydrogen-bond acceptors (Lipinski definition) is 4. The van der Waals surface area contributed by atoms with E-state index in [2.05, 4.69) is 4.98 Å². The molecule has 0 atom stereocenters. The number of carbonyl (C=O) groups is 1. The standard InChI is InChI=1S/C23H15FN2O3/c1-26-12-14(9-19-22(28)21-17(24)10-15(27)11-18(21)29-19)20-16(7-8-25-23(20)26)13-5-3-2-4-6-13/h2-12,27H,1H3/b19-9-. The van der Waals surface area contributed by atoms with Crippen LogP contribution in [0.15, 0.2) is 66.7 Å². The summed E-state index contributed by atoms with van der Waals surface area (Å²) in [6.07, 6.45) is 5.19. The lowest BCUT2D eigenvalue weighted by molar-refractivity contribution is 0.101. The van der Waals surface area contributed by atoms with Crippen LogP contribution in [0.5, 0.6) is 11.5 Å². The van der Waals surface area contributed by atoms with Crippen molar-refractivity contribution >= 4 is 22.9 Å². The highest BCUT2D eigenvalue weighted by molar-refractivity contribution is 6.15. The van der Waals surface area contributed by atoms with E-state index < -0.39 is 11.6 Å². The van der Waals surface area contributed by atoms with Crippen molar-refractivity contribution < 1.29 is 19.0 Å². The van der Waals surface area contributed by atoms with Crippen LogP contribution in [0, 0.1) is 5.82 Å². The third-order valence-electron chi connectivity index (χ3n) is 4.97. The van der Waals surface area contributed by atoms with Gasteiger partial charge < -0.3 is 14.4 Å². The van der Waals surface area contributed by atoms with Crippen molar-refractivity contribution in [2.45, 2.75) is 0 Å². The number of rotatable bonds is 2. The molecule has 0 radical (unpaired) electrons. The Hall–Kier alpha value is -3.93. The Morgan fingerprint density at radius 2 is 1.97 bits per heavy atom. The van der Waals surface area contributed by atoms with Gasteiger partial charge >= 0.3 is 0 Å². The fraction of sp³-hybridized carbons (Fsp3) is 0.0435.